The van der Waals surface area contributed by atoms with Gasteiger partial charge in [-0.15, -0.1) is 0 Å². The molecule has 0 aliphatic rings. The Balaban J connectivity index is -0.000000192. The maximum Gasteiger partial charge on any atom is 0.335 e. The second-order valence-corrected chi connectivity index (χ2v) is 5.03. The fraction of sp³-hybridized carbons (Fsp3) is 0.833. The number of carbonyl (C=O) groups is 2. The van der Waals surface area contributed by atoms with E-state index in [0.717, 1.165) is 0 Å². The van der Waals surface area contributed by atoms with Gasteiger partial charge >= 0.3 is 11.9 Å². The van der Waals surface area contributed by atoms with Crippen molar-refractivity contribution in [1.29, 1.82) is 0 Å². The monoisotopic (exact) mass is 466 g/mol. The third kappa shape index (κ3) is 11.8. The van der Waals surface area contributed by atoms with Crippen molar-refractivity contribution in [3.63, 3.8) is 0 Å². The van der Waals surface area contributed by atoms with E-state index in [2.05, 4.69) is 0 Å². The summed E-state index contributed by atoms with van der Waals surface area (Å²) in [6, 6.07) is 0. The van der Waals surface area contributed by atoms with Crippen LogP contribution in [-0.2, 0) is 26.7 Å². The molecule has 8 atom stereocenters. The van der Waals surface area contributed by atoms with Gasteiger partial charge in [0.1, 0.15) is 36.6 Å². The third-order valence-electron chi connectivity index (χ3n) is 3.02. The average molecular weight is 466 g/mol. The van der Waals surface area contributed by atoms with Crippen LogP contribution in [0.4, 0.5) is 0 Å². The van der Waals surface area contributed by atoms with Gasteiger partial charge in [-0.2, -0.15) is 0 Å². The van der Waals surface area contributed by atoms with E-state index in [1.54, 1.807) is 0 Å². The van der Waals surface area contributed by atoms with E-state index in [1.807, 2.05) is 0 Å². The number of aliphatic carboxylic acids is 2. The van der Waals surface area contributed by atoms with E-state index in [9.17, 15) is 9.59 Å². The SMILES string of the molecule is O.O=C(O)[C@H](O)[C@@H](O)[C@H](O)[C@H](O)CO.O=C(O)[C@H](O)[C@@H](O)[C@H](O)[C@H](O)CO.[Fe]. The molecule has 0 aromatic rings. The molecule has 0 bridgehead atoms. The molecule has 0 radical (unpaired) electrons. The Hall–Kier alpha value is -0.981. The summed E-state index contributed by atoms with van der Waals surface area (Å²) in [5, 5.41) is 104. The largest absolute Gasteiger partial charge is 0.479 e. The minimum atomic E-state index is -2.20. The molecule has 172 valence electrons. The minimum Gasteiger partial charge on any atom is -0.479 e. The van der Waals surface area contributed by atoms with Crippen LogP contribution in [0.2, 0.25) is 0 Å². The van der Waals surface area contributed by atoms with Crippen LogP contribution in [0.5, 0.6) is 0 Å². The van der Waals surface area contributed by atoms with Gasteiger partial charge in [-0.25, -0.2) is 9.59 Å². The van der Waals surface area contributed by atoms with Crippen LogP contribution < -0.4 is 0 Å². The van der Waals surface area contributed by atoms with Crippen molar-refractivity contribution in [3.05, 3.63) is 0 Å². The van der Waals surface area contributed by atoms with E-state index in [-0.39, 0.29) is 22.5 Å². The molecule has 0 aliphatic carbocycles. The number of carboxylic acid groups (broad SMARTS) is 2. The third-order valence-corrected chi connectivity index (χ3v) is 3.02. The molecule has 0 unspecified atom stereocenters. The Morgan fingerprint density at radius 3 is 0.929 bits per heavy atom. The topological polar surface area (TPSA) is 308 Å². The predicted octanol–water partition coefficient (Wildman–Crippen LogP) is -7.81. The normalized spacial score (nSPS) is 18.9. The van der Waals surface area contributed by atoms with Crippen molar-refractivity contribution in [2.24, 2.45) is 0 Å². The summed E-state index contributed by atoms with van der Waals surface area (Å²) >= 11 is 0. The van der Waals surface area contributed by atoms with Gasteiger partial charge in [-0.1, -0.05) is 0 Å². The fourth-order valence-corrected chi connectivity index (χ4v) is 1.34. The van der Waals surface area contributed by atoms with Gasteiger partial charge in [-0.3, -0.25) is 0 Å². The summed E-state index contributed by atoms with van der Waals surface area (Å²) < 4.78 is 0. The zero-order valence-corrected chi connectivity index (χ0v) is 15.2. The van der Waals surface area contributed by atoms with E-state index in [1.165, 1.54) is 0 Å². The summed E-state index contributed by atoms with van der Waals surface area (Å²) in [5.74, 6) is -3.45. The molecule has 0 rings (SSSR count). The van der Waals surface area contributed by atoms with Crippen LogP contribution in [-0.4, -0.2) is 141 Å². The Morgan fingerprint density at radius 1 is 0.571 bits per heavy atom. The standard InChI is InChI=1S/2C6H12O7.Fe.H2O/c2*7-1-2(8)3(9)4(10)5(11)6(12)13;;/h2*2-5,7-11H,1H2,(H,12,13);;1H2/t2*2-,3-,4+,5-;;/m11../s1. The van der Waals surface area contributed by atoms with Crippen LogP contribution >= 0.6 is 0 Å². The van der Waals surface area contributed by atoms with Crippen LogP contribution in [0.25, 0.3) is 0 Å². The number of hydrogen-bond donors (Lipinski definition) is 12. The van der Waals surface area contributed by atoms with Crippen molar-refractivity contribution in [1.82, 2.24) is 0 Å². The first-order valence-electron chi connectivity index (χ1n) is 6.95. The number of aliphatic hydroxyl groups excluding tert-OH is 10. The van der Waals surface area contributed by atoms with E-state index < -0.39 is 74.0 Å². The Morgan fingerprint density at radius 2 is 0.786 bits per heavy atom. The molecule has 16 heteroatoms. The molecular weight excluding hydrogens is 440 g/mol. The molecule has 0 saturated carbocycles. The molecule has 0 spiro atoms. The van der Waals surface area contributed by atoms with Crippen molar-refractivity contribution in [2.45, 2.75) is 48.8 Å². The summed E-state index contributed by atoms with van der Waals surface area (Å²) in [6.45, 7) is -1.69. The Labute approximate surface area is 168 Å². The summed E-state index contributed by atoms with van der Waals surface area (Å²) in [4.78, 5) is 20.2. The molecule has 28 heavy (non-hydrogen) atoms. The summed E-state index contributed by atoms with van der Waals surface area (Å²) in [7, 11) is 0. The summed E-state index contributed by atoms with van der Waals surface area (Å²) in [5.41, 5.74) is 0. The maximum absolute atomic E-state index is 10.1. The maximum atomic E-state index is 10.1. The molecule has 14 N–H and O–H groups in total. The summed E-state index contributed by atoms with van der Waals surface area (Å²) in [6.07, 6.45) is -15.7. The van der Waals surface area contributed by atoms with Gasteiger partial charge in [0.05, 0.1) is 13.2 Å². The molecule has 0 saturated heterocycles. The molecule has 15 nitrogen and oxygen atoms in total. The van der Waals surface area contributed by atoms with Crippen molar-refractivity contribution in [2.75, 3.05) is 13.2 Å². The van der Waals surface area contributed by atoms with Crippen molar-refractivity contribution >= 4 is 11.9 Å². The zero-order valence-electron chi connectivity index (χ0n) is 14.1. The van der Waals surface area contributed by atoms with Crippen LogP contribution in [0.3, 0.4) is 0 Å². The molecule has 0 aliphatic heterocycles. The number of hydrogen-bond acceptors (Lipinski definition) is 12. The van der Waals surface area contributed by atoms with Crippen LogP contribution in [0, 0.1) is 0 Å². The molecule has 0 aromatic carbocycles. The average Bonchev–Trinajstić information content (AvgIpc) is 2.62. The minimum absolute atomic E-state index is 0. The van der Waals surface area contributed by atoms with Gasteiger partial charge in [0.2, 0.25) is 0 Å². The molecule has 0 amide bonds. The van der Waals surface area contributed by atoms with Crippen LogP contribution in [0.15, 0.2) is 0 Å². The number of rotatable bonds is 10. The van der Waals surface area contributed by atoms with Gasteiger partial charge in [0.15, 0.2) is 12.2 Å². The van der Waals surface area contributed by atoms with Gasteiger partial charge < -0.3 is 66.8 Å². The fourth-order valence-electron chi connectivity index (χ4n) is 1.34. The van der Waals surface area contributed by atoms with E-state index in [0.29, 0.717) is 0 Å². The molecule has 0 heterocycles. The van der Waals surface area contributed by atoms with Crippen molar-refractivity contribution < 1.29 is 93.4 Å². The van der Waals surface area contributed by atoms with Gasteiger partial charge in [0.25, 0.3) is 0 Å². The van der Waals surface area contributed by atoms with Gasteiger partial charge in [0, 0.05) is 17.1 Å². The first-order valence-corrected chi connectivity index (χ1v) is 6.95. The Bertz CT molecular complexity index is 386. The first kappa shape index (κ1) is 34.5. The second-order valence-electron chi connectivity index (χ2n) is 5.03. The Kier molecular flexibility index (Phi) is 20.9. The second kappa shape index (κ2) is 16.9. The van der Waals surface area contributed by atoms with E-state index in [4.69, 9.17) is 61.3 Å². The first-order chi connectivity index (χ1) is 11.8. The predicted molar refractivity (Wildman–Crippen MR) is 81.1 cm³/mol. The van der Waals surface area contributed by atoms with E-state index >= 15 is 0 Å². The molecule has 0 aromatic heterocycles. The molecular formula is C12H26FeO15. The number of carboxylic acids is 2. The number of aliphatic hydroxyl groups is 10. The zero-order chi connectivity index (χ0) is 21.2. The molecule has 0 fully saturated rings. The smallest absolute Gasteiger partial charge is 0.335 e. The van der Waals surface area contributed by atoms with Gasteiger partial charge in [-0.05, 0) is 0 Å². The quantitative estimate of drug-likeness (QED) is 0.133. The van der Waals surface area contributed by atoms with Crippen molar-refractivity contribution in [3.8, 4) is 0 Å². The van der Waals surface area contributed by atoms with Crippen LogP contribution in [0.1, 0.15) is 0 Å².